The van der Waals surface area contributed by atoms with E-state index in [1.807, 2.05) is 19.1 Å². The summed E-state index contributed by atoms with van der Waals surface area (Å²) in [6.45, 7) is 2.95. The van der Waals surface area contributed by atoms with E-state index in [0.717, 1.165) is 49.2 Å². The molecule has 1 aromatic carbocycles. The van der Waals surface area contributed by atoms with Gasteiger partial charge in [0.25, 0.3) is 0 Å². The van der Waals surface area contributed by atoms with Crippen LogP contribution in [0, 0.1) is 6.92 Å². The number of unbranched alkanes of at least 4 members (excludes halogenated alkanes) is 3. The van der Waals surface area contributed by atoms with Crippen molar-refractivity contribution in [3.8, 4) is 0 Å². The van der Waals surface area contributed by atoms with Crippen molar-refractivity contribution in [2.75, 3.05) is 17.6 Å². The number of rotatable bonds is 8. The van der Waals surface area contributed by atoms with Gasteiger partial charge in [-0.15, -0.1) is 0 Å². The second-order valence-electron chi connectivity index (χ2n) is 4.63. The SMILES string of the molecule is Cc1cc(NCCCCCCC(N)=O)ccc1N. The summed E-state index contributed by atoms with van der Waals surface area (Å²) in [7, 11) is 0. The van der Waals surface area contributed by atoms with Crippen LogP contribution in [0.1, 0.15) is 37.7 Å². The van der Waals surface area contributed by atoms with Crippen molar-refractivity contribution in [3.63, 3.8) is 0 Å². The number of anilines is 2. The number of carbonyl (C=O) groups excluding carboxylic acids is 1. The molecule has 0 atom stereocenters. The Morgan fingerprint density at radius 3 is 2.61 bits per heavy atom. The highest BCUT2D eigenvalue weighted by atomic mass is 16.1. The van der Waals surface area contributed by atoms with E-state index >= 15 is 0 Å². The van der Waals surface area contributed by atoms with E-state index in [1.165, 1.54) is 0 Å². The molecule has 0 bridgehead atoms. The molecule has 0 aliphatic carbocycles. The van der Waals surface area contributed by atoms with Gasteiger partial charge in [0.1, 0.15) is 0 Å². The maximum atomic E-state index is 10.5. The van der Waals surface area contributed by atoms with Crippen LogP contribution >= 0.6 is 0 Å². The van der Waals surface area contributed by atoms with E-state index in [9.17, 15) is 4.79 Å². The largest absolute Gasteiger partial charge is 0.399 e. The first-order valence-electron chi connectivity index (χ1n) is 6.48. The van der Waals surface area contributed by atoms with Crippen LogP contribution in [0.25, 0.3) is 0 Å². The molecule has 0 aliphatic heterocycles. The van der Waals surface area contributed by atoms with Gasteiger partial charge in [-0.05, 0) is 43.5 Å². The van der Waals surface area contributed by atoms with Gasteiger partial charge >= 0.3 is 0 Å². The lowest BCUT2D eigenvalue weighted by Gasteiger charge is -2.08. The van der Waals surface area contributed by atoms with Crippen molar-refractivity contribution in [3.05, 3.63) is 23.8 Å². The molecule has 1 rings (SSSR count). The Labute approximate surface area is 109 Å². The van der Waals surface area contributed by atoms with Crippen LogP contribution in [-0.4, -0.2) is 12.5 Å². The van der Waals surface area contributed by atoms with Crippen LogP contribution in [0.15, 0.2) is 18.2 Å². The maximum Gasteiger partial charge on any atom is 0.217 e. The molecule has 0 radical (unpaired) electrons. The molecular weight excluding hydrogens is 226 g/mol. The normalized spacial score (nSPS) is 10.3. The highest BCUT2D eigenvalue weighted by Crippen LogP contribution is 2.16. The summed E-state index contributed by atoms with van der Waals surface area (Å²) in [5, 5.41) is 3.37. The van der Waals surface area contributed by atoms with Gasteiger partial charge < -0.3 is 16.8 Å². The van der Waals surface area contributed by atoms with E-state index in [0.29, 0.717) is 6.42 Å². The molecule has 0 fully saturated rings. The van der Waals surface area contributed by atoms with Crippen LogP contribution in [-0.2, 0) is 4.79 Å². The fraction of sp³-hybridized carbons (Fsp3) is 0.500. The van der Waals surface area contributed by atoms with Gasteiger partial charge in [-0.3, -0.25) is 4.79 Å². The second kappa shape index (κ2) is 7.58. The van der Waals surface area contributed by atoms with Crippen molar-refractivity contribution < 1.29 is 4.79 Å². The molecule has 5 N–H and O–H groups in total. The van der Waals surface area contributed by atoms with Gasteiger partial charge in [0.05, 0.1) is 0 Å². The van der Waals surface area contributed by atoms with Crippen LogP contribution in [0.4, 0.5) is 11.4 Å². The molecule has 100 valence electrons. The predicted molar refractivity (Wildman–Crippen MR) is 76.4 cm³/mol. The molecule has 0 saturated heterocycles. The highest BCUT2D eigenvalue weighted by Gasteiger charge is 1.97. The van der Waals surface area contributed by atoms with Crippen molar-refractivity contribution in [1.29, 1.82) is 0 Å². The summed E-state index contributed by atoms with van der Waals surface area (Å²) in [5.74, 6) is -0.203. The highest BCUT2D eigenvalue weighted by molar-refractivity contribution is 5.73. The topological polar surface area (TPSA) is 81.1 Å². The predicted octanol–water partition coefficient (Wildman–Crippen LogP) is 2.42. The van der Waals surface area contributed by atoms with E-state index in [-0.39, 0.29) is 5.91 Å². The lowest BCUT2D eigenvalue weighted by Crippen LogP contribution is -2.09. The first kappa shape index (κ1) is 14.4. The van der Waals surface area contributed by atoms with Gasteiger partial charge in [0, 0.05) is 24.3 Å². The Kier molecular flexibility index (Phi) is 6.05. The number of benzene rings is 1. The molecule has 0 unspecified atom stereocenters. The van der Waals surface area contributed by atoms with Gasteiger partial charge in [-0.25, -0.2) is 0 Å². The van der Waals surface area contributed by atoms with E-state index in [1.54, 1.807) is 0 Å². The lowest BCUT2D eigenvalue weighted by molar-refractivity contribution is -0.118. The molecule has 0 heterocycles. The van der Waals surface area contributed by atoms with Gasteiger partial charge in [0.2, 0.25) is 5.91 Å². The van der Waals surface area contributed by atoms with E-state index < -0.39 is 0 Å². The Balaban J connectivity index is 2.10. The standard InChI is InChI=1S/C14H23N3O/c1-11-10-12(7-8-13(11)15)17-9-5-3-2-4-6-14(16)18/h7-8,10,17H,2-6,9,15H2,1H3,(H2,16,18). The minimum Gasteiger partial charge on any atom is -0.399 e. The second-order valence-corrected chi connectivity index (χ2v) is 4.63. The molecule has 1 amide bonds. The molecule has 1 aromatic rings. The number of hydrogen-bond acceptors (Lipinski definition) is 3. The Morgan fingerprint density at radius 2 is 1.94 bits per heavy atom. The average Bonchev–Trinajstić information content (AvgIpc) is 2.32. The summed E-state index contributed by atoms with van der Waals surface area (Å²) in [5.41, 5.74) is 13.9. The number of carbonyl (C=O) groups is 1. The smallest absolute Gasteiger partial charge is 0.217 e. The van der Waals surface area contributed by atoms with Crippen LogP contribution in [0.2, 0.25) is 0 Å². The van der Waals surface area contributed by atoms with Crippen molar-refractivity contribution in [1.82, 2.24) is 0 Å². The number of nitrogens with two attached hydrogens (primary N) is 2. The molecule has 4 nitrogen and oxygen atoms in total. The van der Waals surface area contributed by atoms with Crippen molar-refractivity contribution in [2.24, 2.45) is 5.73 Å². The minimum absolute atomic E-state index is 0.203. The van der Waals surface area contributed by atoms with E-state index in [2.05, 4.69) is 11.4 Å². The summed E-state index contributed by atoms with van der Waals surface area (Å²) >= 11 is 0. The van der Waals surface area contributed by atoms with Crippen LogP contribution < -0.4 is 16.8 Å². The van der Waals surface area contributed by atoms with Crippen LogP contribution in [0.3, 0.4) is 0 Å². The van der Waals surface area contributed by atoms with Crippen molar-refractivity contribution in [2.45, 2.75) is 39.0 Å². The van der Waals surface area contributed by atoms with Gasteiger partial charge in [-0.2, -0.15) is 0 Å². The third-order valence-corrected chi connectivity index (χ3v) is 2.95. The molecule has 0 saturated carbocycles. The average molecular weight is 249 g/mol. The number of amides is 1. The minimum atomic E-state index is -0.203. The fourth-order valence-corrected chi connectivity index (χ4v) is 1.80. The summed E-state index contributed by atoms with van der Waals surface area (Å²) in [4.78, 5) is 10.5. The number of nitrogen functional groups attached to an aromatic ring is 1. The number of hydrogen-bond donors (Lipinski definition) is 3. The molecule has 18 heavy (non-hydrogen) atoms. The zero-order valence-electron chi connectivity index (χ0n) is 11.0. The monoisotopic (exact) mass is 249 g/mol. The molecule has 0 aromatic heterocycles. The lowest BCUT2D eigenvalue weighted by atomic mass is 10.1. The quantitative estimate of drug-likeness (QED) is 0.489. The van der Waals surface area contributed by atoms with Gasteiger partial charge in [0.15, 0.2) is 0 Å². The van der Waals surface area contributed by atoms with Crippen LogP contribution in [0.5, 0.6) is 0 Å². The third kappa shape index (κ3) is 5.57. The maximum absolute atomic E-state index is 10.5. The molecule has 4 heteroatoms. The van der Waals surface area contributed by atoms with Gasteiger partial charge in [-0.1, -0.05) is 12.8 Å². The first-order valence-corrected chi connectivity index (χ1v) is 6.48. The first-order chi connectivity index (χ1) is 8.59. The number of primary amides is 1. The molecule has 0 aliphatic rings. The third-order valence-electron chi connectivity index (χ3n) is 2.95. The molecular formula is C14H23N3O. The zero-order chi connectivity index (χ0) is 13.4. The summed E-state index contributed by atoms with van der Waals surface area (Å²) in [6, 6.07) is 5.97. The molecule has 0 spiro atoms. The number of aryl methyl sites for hydroxylation is 1. The Hall–Kier alpha value is -1.71. The fourth-order valence-electron chi connectivity index (χ4n) is 1.80. The Bertz CT molecular complexity index is 391. The Morgan fingerprint density at radius 1 is 1.22 bits per heavy atom. The zero-order valence-corrected chi connectivity index (χ0v) is 11.0. The van der Waals surface area contributed by atoms with Crippen molar-refractivity contribution >= 4 is 17.3 Å². The summed E-state index contributed by atoms with van der Waals surface area (Å²) in [6.07, 6.45) is 4.68. The van der Waals surface area contributed by atoms with E-state index in [4.69, 9.17) is 11.5 Å². The summed E-state index contributed by atoms with van der Waals surface area (Å²) < 4.78 is 0. The number of nitrogens with one attached hydrogen (secondary N) is 1.